The summed E-state index contributed by atoms with van der Waals surface area (Å²) >= 11 is 0. The van der Waals surface area contributed by atoms with Crippen molar-refractivity contribution in [2.75, 3.05) is 5.32 Å². The van der Waals surface area contributed by atoms with Crippen molar-refractivity contribution in [3.63, 3.8) is 0 Å². The summed E-state index contributed by atoms with van der Waals surface area (Å²) in [5.41, 5.74) is 1.03. The lowest BCUT2D eigenvalue weighted by Gasteiger charge is -2.01. The standard InChI is InChI=1S/C8H9N3O/c1-6(2)8(12)11-7-3-9-5-10-4-7/h3-5H,1H2,2H3,(H,11,12). The molecule has 1 aromatic rings. The predicted octanol–water partition coefficient (Wildman–Crippen LogP) is 0.991. The molecule has 4 heteroatoms. The molecule has 0 unspecified atom stereocenters. The van der Waals surface area contributed by atoms with E-state index in [0.29, 0.717) is 11.3 Å². The van der Waals surface area contributed by atoms with E-state index in [1.165, 1.54) is 18.7 Å². The van der Waals surface area contributed by atoms with E-state index in [4.69, 9.17) is 0 Å². The number of hydrogen-bond acceptors (Lipinski definition) is 3. The summed E-state index contributed by atoms with van der Waals surface area (Å²) in [6.07, 6.45) is 4.44. The summed E-state index contributed by atoms with van der Waals surface area (Å²) in [6, 6.07) is 0. The molecule has 1 heterocycles. The third kappa shape index (κ3) is 2.16. The summed E-state index contributed by atoms with van der Waals surface area (Å²) in [5, 5.41) is 2.58. The third-order valence-corrected chi connectivity index (χ3v) is 1.21. The van der Waals surface area contributed by atoms with Crippen LogP contribution in [0.15, 0.2) is 30.9 Å². The zero-order chi connectivity index (χ0) is 8.97. The van der Waals surface area contributed by atoms with Gasteiger partial charge < -0.3 is 5.32 Å². The number of amides is 1. The lowest BCUT2D eigenvalue weighted by atomic mass is 10.3. The number of anilines is 1. The molecule has 0 saturated carbocycles. The van der Waals surface area contributed by atoms with Gasteiger partial charge in [0.15, 0.2) is 0 Å². The highest BCUT2D eigenvalue weighted by Gasteiger charge is 2.01. The Bertz CT molecular complexity index is 294. The Kier molecular flexibility index (Phi) is 2.53. The van der Waals surface area contributed by atoms with Gasteiger partial charge in [0.25, 0.3) is 5.91 Å². The van der Waals surface area contributed by atoms with Crippen molar-refractivity contribution in [1.82, 2.24) is 9.97 Å². The monoisotopic (exact) mass is 163 g/mol. The average Bonchev–Trinajstić information content (AvgIpc) is 2.06. The Labute approximate surface area is 70.4 Å². The number of carbonyl (C=O) groups excluding carboxylic acids is 1. The molecule has 0 atom stereocenters. The van der Waals surface area contributed by atoms with Gasteiger partial charge in [-0.2, -0.15) is 0 Å². The van der Waals surface area contributed by atoms with Gasteiger partial charge in [-0.05, 0) is 6.92 Å². The van der Waals surface area contributed by atoms with Crippen LogP contribution in [0.2, 0.25) is 0 Å². The fourth-order valence-corrected chi connectivity index (χ4v) is 0.601. The van der Waals surface area contributed by atoms with Gasteiger partial charge in [-0.15, -0.1) is 0 Å². The van der Waals surface area contributed by atoms with Crippen LogP contribution in [0.4, 0.5) is 5.69 Å². The molecule has 1 amide bonds. The maximum absolute atomic E-state index is 11.0. The molecule has 0 fully saturated rings. The molecule has 1 rings (SSSR count). The summed E-state index contributed by atoms with van der Waals surface area (Å²) in [5.74, 6) is -0.218. The Hall–Kier alpha value is -1.71. The van der Waals surface area contributed by atoms with Crippen LogP contribution in [-0.4, -0.2) is 15.9 Å². The van der Waals surface area contributed by atoms with E-state index >= 15 is 0 Å². The second kappa shape index (κ2) is 3.61. The SMILES string of the molecule is C=C(C)C(=O)Nc1cncnc1. The summed E-state index contributed by atoms with van der Waals surface area (Å²) < 4.78 is 0. The molecular formula is C8H9N3O. The van der Waals surface area contributed by atoms with E-state index in [9.17, 15) is 4.79 Å². The maximum atomic E-state index is 11.0. The minimum absolute atomic E-state index is 0.218. The molecule has 4 nitrogen and oxygen atoms in total. The van der Waals surface area contributed by atoms with E-state index in [2.05, 4.69) is 21.9 Å². The predicted molar refractivity (Wildman–Crippen MR) is 45.5 cm³/mol. The van der Waals surface area contributed by atoms with Crippen molar-refractivity contribution in [3.8, 4) is 0 Å². The number of aromatic nitrogens is 2. The van der Waals surface area contributed by atoms with Crippen LogP contribution in [0.3, 0.4) is 0 Å². The lowest BCUT2D eigenvalue weighted by molar-refractivity contribution is -0.112. The van der Waals surface area contributed by atoms with Crippen molar-refractivity contribution < 1.29 is 4.79 Å². The molecule has 62 valence electrons. The quantitative estimate of drug-likeness (QED) is 0.661. The average molecular weight is 163 g/mol. The van der Waals surface area contributed by atoms with E-state index in [-0.39, 0.29) is 5.91 Å². The van der Waals surface area contributed by atoms with Gasteiger partial charge in [-0.1, -0.05) is 6.58 Å². The van der Waals surface area contributed by atoms with Crippen LogP contribution in [0.5, 0.6) is 0 Å². The largest absolute Gasteiger partial charge is 0.320 e. The van der Waals surface area contributed by atoms with Gasteiger partial charge in [-0.25, -0.2) is 9.97 Å². The highest BCUT2D eigenvalue weighted by atomic mass is 16.1. The smallest absolute Gasteiger partial charge is 0.250 e. The zero-order valence-corrected chi connectivity index (χ0v) is 6.74. The number of carbonyl (C=O) groups is 1. The molecule has 0 aliphatic heterocycles. The van der Waals surface area contributed by atoms with Crippen LogP contribution in [0.25, 0.3) is 0 Å². The van der Waals surface area contributed by atoms with Crippen molar-refractivity contribution in [1.29, 1.82) is 0 Å². The fourth-order valence-electron chi connectivity index (χ4n) is 0.601. The minimum atomic E-state index is -0.218. The van der Waals surface area contributed by atoms with Crippen molar-refractivity contribution in [3.05, 3.63) is 30.9 Å². The highest BCUT2D eigenvalue weighted by Crippen LogP contribution is 2.01. The normalized spacial score (nSPS) is 9.08. The molecule has 0 aromatic carbocycles. The number of rotatable bonds is 2. The third-order valence-electron chi connectivity index (χ3n) is 1.21. The molecule has 0 aliphatic carbocycles. The maximum Gasteiger partial charge on any atom is 0.250 e. The topological polar surface area (TPSA) is 54.9 Å². The van der Waals surface area contributed by atoms with Gasteiger partial charge in [0.2, 0.25) is 0 Å². The van der Waals surface area contributed by atoms with Crippen LogP contribution >= 0.6 is 0 Å². The Morgan fingerprint density at radius 1 is 1.50 bits per heavy atom. The van der Waals surface area contributed by atoms with Gasteiger partial charge in [0.1, 0.15) is 6.33 Å². The summed E-state index contributed by atoms with van der Waals surface area (Å²) in [6.45, 7) is 5.14. The second-order valence-electron chi connectivity index (χ2n) is 2.36. The zero-order valence-electron chi connectivity index (χ0n) is 6.74. The van der Waals surface area contributed by atoms with Gasteiger partial charge in [0.05, 0.1) is 18.1 Å². The number of hydrogen-bond donors (Lipinski definition) is 1. The molecule has 0 radical (unpaired) electrons. The van der Waals surface area contributed by atoms with E-state index < -0.39 is 0 Å². The lowest BCUT2D eigenvalue weighted by Crippen LogP contribution is -2.11. The van der Waals surface area contributed by atoms with Gasteiger partial charge in [-0.3, -0.25) is 4.79 Å². The molecule has 12 heavy (non-hydrogen) atoms. The number of nitrogens with zero attached hydrogens (tertiary/aromatic N) is 2. The summed E-state index contributed by atoms with van der Waals surface area (Å²) in [4.78, 5) is 18.5. The first kappa shape index (κ1) is 8.39. The Balaban J connectivity index is 2.65. The summed E-state index contributed by atoms with van der Waals surface area (Å²) in [7, 11) is 0. The minimum Gasteiger partial charge on any atom is -0.320 e. The number of nitrogens with one attached hydrogen (secondary N) is 1. The highest BCUT2D eigenvalue weighted by molar-refractivity contribution is 6.02. The van der Waals surface area contributed by atoms with Crippen molar-refractivity contribution in [2.45, 2.75) is 6.92 Å². The molecular weight excluding hydrogens is 154 g/mol. The first-order valence-corrected chi connectivity index (χ1v) is 3.42. The van der Waals surface area contributed by atoms with Gasteiger partial charge >= 0.3 is 0 Å². The van der Waals surface area contributed by atoms with Crippen LogP contribution in [0.1, 0.15) is 6.92 Å². The molecule has 0 spiro atoms. The molecule has 1 N–H and O–H groups in total. The van der Waals surface area contributed by atoms with Crippen LogP contribution < -0.4 is 5.32 Å². The fraction of sp³-hybridized carbons (Fsp3) is 0.125. The molecule has 0 aliphatic rings. The van der Waals surface area contributed by atoms with Gasteiger partial charge in [0, 0.05) is 5.57 Å². The molecule has 0 bridgehead atoms. The first-order chi connectivity index (χ1) is 5.70. The Morgan fingerprint density at radius 3 is 2.58 bits per heavy atom. The van der Waals surface area contributed by atoms with E-state index in [0.717, 1.165) is 0 Å². The van der Waals surface area contributed by atoms with Crippen LogP contribution in [0, 0.1) is 0 Å². The second-order valence-corrected chi connectivity index (χ2v) is 2.36. The van der Waals surface area contributed by atoms with Crippen molar-refractivity contribution >= 4 is 11.6 Å². The molecule has 0 saturated heterocycles. The Morgan fingerprint density at radius 2 is 2.08 bits per heavy atom. The van der Waals surface area contributed by atoms with Crippen LogP contribution in [-0.2, 0) is 4.79 Å². The van der Waals surface area contributed by atoms with Crippen molar-refractivity contribution in [2.24, 2.45) is 0 Å². The van der Waals surface area contributed by atoms with E-state index in [1.54, 1.807) is 6.92 Å². The molecule has 1 aromatic heterocycles. The first-order valence-electron chi connectivity index (χ1n) is 3.42. The van der Waals surface area contributed by atoms with E-state index in [1.807, 2.05) is 0 Å².